The molecule has 0 atom stereocenters. The van der Waals surface area contributed by atoms with Gasteiger partial charge in [-0.1, -0.05) is 90.4 Å². The molecule has 0 saturated carbocycles. The lowest BCUT2D eigenvalue weighted by Crippen LogP contribution is -2.17. The first-order chi connectivity index (χ1) is 12.3. The molecule has 0 aliphatic carbocycles. The highest BCUT2D eigenvalue weighted by molar-refractivity contribution is 5.71. The maximum absolute atomic E-state index is 10.8. The average Bonchev–Trinajstić information content (AvgIpc) is 2.63. The smallest absolute Gasteiger partial charge is 0.319 e. The number of esters is 1. The summed E-state index contributed by atoms with van der Waals surface area (Å²) in [6.07, 6.45) is 20.0. The molecule has 0 saturated heterocycles. The Hall–Kier alpha value is -0.610. The maximum atomic E-state index is 10.8. The van der Waals surface area contributed by atoms with Crippen LogP contribution in [0.1, 0.15) is 103 Å². The summed E-state index contributed by atoms with van der Waals surface area (Å²) in [6.45, 7) is 4.13. The molecule has 0 amide bonds. The second kappa shape index (κ2) is 21.4. The molecule has 4 nitrogen and oxygen atoms in total. The van der Waals surface area contributed by atoms with E-state index in [2.05, 4.69) is 6.92 Å². The summed E-state index contributed by atoms with van der Waals surface area (Å²) < 4.78 is 10.4. The van der Waals surface area contributed by atoms with E-state index in [0.717, 1.165) is 19.4 Å². The normalized spacial score (nSPS) is 11.0. The van der Waals surface area contributed by atoms with E-state index in [4.69, 9.17) is 15.2 Å². The summed E-state index contributed by atoms with van der Waals surface area (Å²) in [5.74, 6) is -0.341. The van der Waals surface area contributed by atoms with Gasteiger partial charge in [-0.3, -0.25) is 4.79 Å². The van der Waals surface area contributed by atoms with Crippen molar-refractivity contribution in [1.82, 2.24) is 0 Å². The fourth-order valence-electron chi connectivity index (χ4n) is 2.91. The first kappa shape index (κ1) is 24.4. The lowest BCUT2D eigenvalue weighted by atomic mass is 10.0. The van der Waals surface area contributed by atoms with E-state index in [9.17, 15) is 4.79 Å². The number of unbranched alkanes of at least 4 members (excludes halogenated alkanes) is 13. The SMILES string of the molecule is CCCCCCCCCCCCCCCCOCCCOC(=O)CN. The molecular weight excluding hydrogens is 314 g/mol. The highest BCUT2D eigenvalue weighted by atomic mass is 16.5. The molecule has 0 aromatic carbocycles. The summed E-state index contributed by atoms with van der Waals surface area (Å²) in [5, 5.41) is 0. The Morgan fingerprint density at radius 2 is 1.08 bits per heavy atom. The van der Waals surface area contributed by atoms with Gasteiger partial charge in [0.15, 0.2) is 0 Å². The predicted molar refractivity (Wildman–Crippen MR) is 106 cm³/mol. The van der Waals surface area contributed by atoms with Crippen LogP contribution in [0.2, 0.25) is 0 Å². The van der Waals surface area contributed by atoms with Gasteiger partial charge in [0, 0.05) is 19.6 Å². The minimum absolute atomic E-state index is 0.0418. The van der Waals surface area contributed by atoms with Gasteiger partial charge in [-0.25, -0.2) is 0 Å². The Balaban J connectivity index is 2.99. The third-order valence-corrected chi connectivity index (χ3v) is 4.50. The lowest BCUT2D eigenvalue weighted by Gasteiger charge is -2.05. The Labute approximate surface area is 156 Å². The van der Waals surface area contributed by atoms with Crippen molar-refractivity contribution in [3.63, 3.8) is 0 Å². The van der Waals surface area contributed by atoms with E-state index in [1.54, 1.807) is 0 Å². The van der Waals surface area contributed by atoms with Crippen molar-refractivity contribution >= 4 is 5.97 Å². The Morgan fingerprint density at radius 1 is 0.640 bits per heavy atom. The van der Waals surface area contributed by atoms with Gasteiger partial charge in [-0.2, -0.15) is 0 Å². The molecule has 0 bridgehead atoms. The van der Waals surface area contributed by atoms with Crippen molar-refractivity contribution in [1.29, 1.82) is 0 Å². The van der Waals surface area contributed by atoms with Gasteiger partial charge in [0.1, 0.15) is 0 Å². The monoisotopic (exact) mass is 357 g/mol. The number of nitrogens with two attached hydrogens (primary N) is 1. The van der Waals surface area contributed by atoms with Gasteiger partial charge in [0.2, 0.25) is 0 Å². The number of hydrogen-bond acceptors (Lipinski definition) is 4. The Kier molecular flexibility index (Phi) is 20.9. The minimum atomic E-state index is -0.341. The average molecular weight is 358 g/mol. The van der Waals surface area contributed by atoms with E-state index < -0.39 is 0 Å². The molecule has 0 aromatic heterocycles. The van der Waals surface area contributed by atoms with Crippen molar-refractivity contribution < 1.29 is 14.3 Å². The van der Waals surface area contributed by atoms with Crippen LogP contribution >= 0.6 is 0 Å². The zero-order valence-electron chi connectivity index (χ0n) is 16.7. The highest BCUT2D eigenvalue weighted by Gasteiger charge is 1.98. The molecule has 0 fully saturated rings. The molecule has 0 aliphatic heterocycles. The zero-order valence-corrected chi connectivity index (χ0v) is 16.7. The van der Waals surface area contributed by atoms with Crippen molar-refractivity contribution in [3.05, 3.63) is 0 Å². The largest absolute Gasteiger partial charge is 0.465 e. The van der Waals surface area contributed by atoms with Crippen LogP contribution in [0.5, 0.6) is 0 Å². The highest BCUT2D eigenvalue weighted by Crippen LogP contribution is 2.12. The van der Waals surface area contributed by atoms with Crippen molar-refractivity contribution in [2.24, 2.45) is 5.73 Å². The molecule has 0 aliphatic rings. The third kappa shape index (κ3) is 21.3. The summed E-state index contributed by atoms with van der Waals surface area (Å²) in [6, 6.07) is 0. The molecule has 150 valence electrons. The summed E-state index contributed by atoms with van der Waals surface area (Å²) >= 11 is 0. The fourth-order valence-corrected chi connectivity index (χ4v) is 2.91. The standard InChI is InChI=1S/C21H43NO3/c1-2-3-4-5-6-7-8-9-10-11-12-13-14-15-17-24-18-16-19-25-21(23)20-22/h2-20,22H2,1H3. The van der Waals surface area contributed by atoms with Crippen LogP contribution < -0.4 is 5.73 Å². The molecule has 0 heterocycles. The molecule has 0 unspecified atom stereocenters. The van der Waals surface area contributed by atoms with Crippen LogP contribution in [0, 0.1) is 0 Å². The van der Waals surface area contributed by atoms with Crippen LogP contribution in [0.25, 0.3) is 0 Å². The number of carbonyl (C=O) groups is 1. The summed E-state index contributed by atoms with van der Waals surface area (Å²) in [5.41, 5.74) is 5.15. The molecule has 0 rings (SSSR count). The predicted octanol–water partition coefficient (Wildman–Crippen LogP) is 5.38. The zero-order chi connectivity index (χ0) is 18.4. The Bertz CT molecular complexity index is 272. The van der Waals surface area contributed by atoms with Crippen molar-refractivity contribution in [2.75, 3.05) is 26.4 Å². The molecule has 2 N–H and O–H groups in total. The van der Waals surface area contributed by atoms with Gasteiger partial charge in [-0.05, 0) is 6.42 Å². The second-order valence-electron chi connectivity index (χ2n) is 6.99. The van der Waals surface area contributed by atoms with Crippen LogP contribution in [-0.2, 0) is 14.3 Å². The number of ether oxygens (including phenoxy) is 2. The minimum Gasteiger partial charge on any atom is -0.465 e. The number of carbonyl (C=O) groups excluding carboxylic acids is 1. The van der Waals surface area contributed by atoms with Crippen LogP contribution in [-0.4, -0.2) is 32.3 Å². The first-order valence-electron chi connectivity index (χ1n) is 10.7. The second-order valence-corrected chi connectivity index (χ2v) is 6.99. The molecule has 0 spiro atoms. The van der Waals surface area contributed by atoms with Crippen LogP contribution in [0.3, 0.4) is 0 Å². The summed E-state index contributed by atoms with van der Waals surface area (Å²) in [4.78, 5) is 10.8. The Morgan fingerprint density at radius 3 is 1.56 bits per heavy atom. The quantitative estimate of drug-likeness (QED) is 0.235. The third-order valence-electron chi connectivity index (χ3n) is 4.50. The van der Waals surface area contributed by atoms with E-state index in [0.29, 0.717) is 13.2 Å². The number of hydrogen-bond donors (Lipinski definition) is 1. The van der Waals surface area contributed by atoms with Gasteiger partial charge in [0.05, 0.1) is 13.2 Å². The molecular formula is C21H43NO3. The van der Waals surface area contributed by atoms with Gasteiger partial charge in [-0.15, -0.1) is 0 Å². The van der Waals surface area contributed by atoms with Gasteiger partial charge in [0.25, 0.3) is 0 Å². The van der Waals surface area contributed by atoms with Crippen LogP contribution in [0.15, 0.2) is 0 Å². The first-order valence-corrected chi connectivity index (χ1v) is 10.7. The van der Waals surface area contributed by atoms with Crippen molar-refractivity contribution in [3.8, 4) is 0 Å². The van der Waals surface area contributed by atoms with Gasteiger partial charge >= 0.3 is 5.97 Å². The van der Waals surface area contributed by atoms with E-state index in [1.165, 1.54) is 83.5 Å². The van der Waals surface area contributed by atoms with Crippen molar-refractivity contribution in [2.45, 2.75) is 103 Å². The molecule has 0 aromatic rings. The number of rotatable bonds is 20. The van der Waals surface area contributed by atoms with Gasteiger partial charge < -0.3 is 15.2 Å². The lowest BCUT2D eigenvalue weighted by molar-refractivity contribution is -0.142. The topological polar surface area (TPSA) is 61.5 Å². The molecule has 4 heteroatoms. The summed E-state index contributed by atoms with van der Waals surface area (Å²) in [7, 11) is 0. The maximum Gasteiger partial charge on any atom is 0.319 e. The fraction of sp³-hybridized carbons (Fsp3) is 0.952. The molecule has 25 heavy (non-hydrogen) atoms. The van der Waals surface area contributed by atoms with E-state index >= 15 is 0 Å². The van der Waals surface area contributed by atoms with E-state index in [1.807, 2.05) is 0 Å². The van der Waals surface area contributed by atoms with E-state index in [-0.39, 0.29) is 12.5 Å². The van der Waals surface area contributed by atoms with Crippen LogP contribution in [0.4, 0.5) is 0 Å². The molecule has 0 radical (unpaired) electrons.